The van der Waals surface area contributed by atoms with Crippen LogP contribution in [0.5, 0.6) is 5.75 Å². The highest BCUT2D eigenvalue weighted by Crippen LogP contribution is 2.33. The molecule has 0 aliphatic heterocycles. The molecule has 0 atom stereocenters. The van der Waals surface area contributed by atoms with Gasteiger partial charge in [0.2, 0.25) is 0 Å². The van der Waals surface area contributed by atoms with E-state index in [2.05, 4.69) is 32.9 Å². The number of benzene rings is 1. The topological polar surface area (TPSA) is 46.5 Å². The quantitative estimate of drug-likeness (QED) is 0.751. The molecule has 116 valence electrons. The highest BCUT2D eigenvalue weighted by Gasteiger charge is 2.13. The molecular formula is C18H26O3. The van der Waals surface area contributed by atoms with E-state index in [1.165, 1.54) is 5.56 Å². The Morgan fingerprint density at radius 3 is 2.52 bits per heavy atom. The highest BCUT2D eigenvalue weighted by atomic mass is 16.5. The molecule has 0 bridgehead atoms. The van der Waals surface area contributed by atoms with Crippen molar-refractivity contribution >= 4 is 11.5 Å². The van der Waals surface area contributed by atoms with Gasteiger partial charge in [0.1, 0.15) is 5.75 Å². The molecule has 1 aromatic rings. The van der Waals surface area contributed by atoms with Crippen LogP contribution >= 0.6 is 0 Å². The van der Waals surface area contributed by atoms with Gasteiger partial charge in [0, 0.05) is 5.56 Å². The van der Waals surface area contributed by atoms with Gasteiger partial charge in [-0.25, -0.2) is 0 Å². The molecule has 0 radical (unpaired) electrons. The summed E-state index contributed by atoms with van der Waals surface area (Å²) in [4.78, 5) is 10.9. The van der Waals surface area contributed by atoms with Crippen molar-refractivity contribution in [1.82, 2.24) is 0 Å². The Morgan fingerprint density at radius 2 is 1.95 bits per heavy atom. The van der Waals surface area contributed by atoms with Gasteiger partial charge in [-0.05, 0) is 49.5 Å². The van der Waals surface area contributed by atoms with Gasteiger partial charge in [-0.1, -0.05) is 32.4 Å². The summed E-state index contributed by atoms with van der Waals surface area (Å²) in [5.74, 6) is 0.0940. The van der Waals surface area contributed by atoms with Crippen molar-refractivity contribution in [3.63, 3.8) is 0 Å². The number of hydrogen-bond donors (Lipinski definition) is 1. The molecular weight excluding hydrogens is 264 g/mol. The molecule has 0 aliphatic rings. The average Bonchev–Trinajstić information content (AvgIpc) is 2.41. The number of ether oxygens (including phenoxy) is 1. The highest BCUT2D eigenvalue weighted by molar-refractivity contribution is 5.77. The monoisotopic (exact) mass is 290 g/mol. The van der Waals surface area contributed by atoms with Crippen LogP contribution in [0.15, 0.2) is 18.2 Å². The Hall–Kier alpha value is -1.77. The zero-order valence-corrected chi connectivity index (χ0v) is 13.5. The van der Waals surface area contributed by atoms with Crippen LogP contribution in [0.3, 0.4) is 0 Å². The van der Waals surface area contributed by atoms with Crippen LogP contribution in [0.4, 0.5) is 0 Å². The fraction of sp³-hybridized carbons (Fsp3) is 0.500. The maximum Gasteiger partial charge on any atom is 0.307 e. The van der Waals surface area contributed by atoms with Gasteiger partial charge in [-0.3, -0.25) is 4.79 Å². The SMILES string of the molecule is CCCOc1c(C)cc(C)cc1/C(=C/CC(=O)O)CCC. The van der Waals surface area contributed by atoms with Crippen LogP contribution < -0.4 is 4.74 Å². The lowest BCUT2D eigenvalue weighted by molar-refractivity contribution is -0.135. The number of hydrogen-bond acceptors (Lipinski definition) is 2. The number of carboxylic acid groups (broad SMARTS) is 1. The van der Waals surface area contributed by atoms with E-state index < -0.39 is 5.97 Å². The van der Waals surface area contributed by atoms with Crippen molar-refractivity contribution in [3.8, 4) is 5.75 Å². The molecule has 1 N–H and O–H groups in total. The summed E-state index contributed by atoms with van der Waals surface area (Å²) in [6.07, 6.45) is 4.66. The third-order valence-electron chi connectivity index (χ3n) is 3.26. The summed E-state index contributed by atoms with van der Waals surface area (Å²) in [5, 5.41) is 8.92. The van der Waals surface area contributed by atoms with Gasteiger partial charge < -0.3 is 9.84 Å². The van der Waals surface area contributed by atoms with Gasteiger partial charge in [0.15, 0.2) is 0 Å². The predicted octanol–water partition coefficient (Wildman–Crippen LogP) is 4.75. The molecule has 0 saturated carbocycles. The van der Waals surface area contributed by atoms with Crippen molar-refractivity contribution in [2.75, 3.05) is 6.61 Å². The van der Waals surface area contributed by atoms with E-state index in [4.69, 9.17) is 9.84 Å². The first-order valence-corrected chi connectivity index (χ1v) is 7.64. The third kappa shape index (κ3) is 5.25. The second kappa shape index (κ2) is 8.50. The van der Waals surface area contributed by atoms with E-state index in [1.54, 1.807) is 0 Å². The zero-order chi connectivity index (χ0) is 15.8. The molecule has 0 amide bonds. The second-order valence-corrected chi connectivity index (χ2v) is 5.38. The summed E-state index contributed by atoms with van der Waals surface area (Å²) < 4.78 is 5.92. The minimum atomic E-state index is -0.802. The number of aryl methyl sites for hydroxylation is 2. The normalized spacial score (nSPS) is 11.5. The summed E-state index contributed by atoms with van der Waals surface area (Å²) >= 11 is 0. The standard InChI is InChI=1S/C18H26O3/c1-5-7-15(8-9-17(19)20)16-12-13(3)11-14(4)18(16)21-10-6-2/h8,11-12H,5-7,9-10H2,1-4H3,(H,19,20)/b15-8+. The van der Waals surface area contributed by atoms with Gasteiger partial charge in [-0.2, -0.15) is 0 Å². The third-order valence-corrected chi connectivity index (χ3v) is 3.26. The zero-order valence-electron chi connectivity index (χ0n) is 13.5. The molecule has 0 unspecified atom stereocenters. The van der Waals surface area contributed by atoms with Crippen molar-refractivity contribution in [3.05, 3.63) is 34.9 Å². The largest absolute Gasteiger partial charge is 0.493 e. The van der Waals surface area contributed by atoms with Gasteiger partial charge >= 0.3 is 5.97 Å². The van der Waals surface area contributed by atoms with E-state index in [9.17, 15) is 4.79 Å². The summed E-state index contributed by atoms with van der Waals surface area (Å²) in [7, 11) is 0. The molecule has 1 aromatic carbocycles. The van der Waals surface area contributed by atoms with Gasteiger partial charge in [0.05, 0.1) is 13.0 Å². The van der Waals surface area contributed by atoms with Crippen LogP contribution in [0.25, 0.3) is 5.57 Å². The van der Waals surface area contributed by atoms with E-state index >= 15 is 0 Å². The average molecular weight is 290 g/mol. The Balaban J connectivity index is 3.27. The molecule has 0 aromatic heterocycles. The van der Waals surface area contributed by atoms with Crippen molar-refractivity contribution in [2.24, 2.45) is 0 Å². The maximum absolute atomic E-state index is 10.9. The predicted molar refractivity (Wildman–Crippen MR) is 86.8 cm³/mol. The molecule has 0 heterocycles. The smallest absolute Gasteiger partial charge is 0.307 e. The Kier molecular flexibility index (Phi) is 7.00. The first-order valence-electron chi connectivity index (χ1n) is 7.64. The van der Waals surface area contributed by atoms with Crippen LogP contribution in [0.1, 0.15) is 56.2 Å². The van der Waals surface area contributed by atoms with Crippen LogP contribution in [-0.4, -0.2) is 17.7 Å². The summed E-state index contributed by atoms with van der Waals surface area (Å²) in [6.45, 7) is 8.96. The molecule has 0 fully saturated rings. The fourth-order valence-electron chi connectivity index (χ4n) is 2.42. The van der Waals surface area contributed by atoms with Gasteiger partial charge in [-0.15, -0.1) is 0 Å². The number of carboxylic acids is 1. The van der Waals surface area contributed by atoms with E-state index in [0.717, 1.165) is 41.7 Å². The van der Waals surface area contributed by atoms with E-state index in [-0.39, 0.29) is 6.42 Å². The lowest BCUT2D eigenvalue weighted by Crippen LogP contribution is -2.02. The first-order chi connectivity index (χ1) is 9.99. The first kappa shape index (κ1) is 17.3. The lowest BCUT2D eigenvalue weighted by Gasteiger charge is -2.17. The summed E-state index contributed by atoms with van der Waals surface area (Å²) in [6, 6.07) is 4.20. The number of aliphatic carboxylic acids is 1. The fourth-order valence-corrected chi connectivity index (χ4v) is 2.42. The van der Waals surface area contributed by atoms with Crippen LogP contribution in [0, 0.1) is 13.8 Å². The molecule has 1 rings (SSSR count). The number of carbonyl (C=O) groups is 1. The molecule has 0 saturated heterocycles. The Morgan fingerprint density at radius 1 is 1.24 bits per heavy atom. The van der Waals surface area contributed by atoms with E-state index in [1.807, 2.05) is 13.0 Å². The van der Waals surface area contributed by atoms with E-state index in [0.29, 0.717) is 6.61 Å². The minimum Gasteiger partial charge on any atom is -0.493 e. The second-order valence-electron chi connectivity index (χ2n) is 5.38. The maximum atomic E-state index is 10.9. The van der Waals surface area contributed by atoms with Crippen LogP contribution in [0.2, 0.25) is 0 Å². The number of rotatable bonds is 8. The lowest BCUT2D eigenvalue weighted by atomic mass is 9.95. The van der Waals surface area contributed by atoms with Crippen molar-refractivity contribution in [1.29, 1.82) is 0 Å². The Bertz CT molecular complexity index is 515. The molecule has 0 aliphatic carbocycles. The van der Waals surface area contributed by atoms with Crippen molar-refractivity contribution < 1.29 is 14.6 Å². The summed E-state index contributed by atoms with van der Waals surface area (Å²) in [5.41, 5.74) is 4.39. The van der Waals surface area contributed by atoms with Crippen molar-refractivity contribution in [2.45, 2.75) is 53.4 Å². The van der Waals surface area contributed by atoms with Crippen LogP contribution in [-0.2, 0) is 4.79 Å². The molecule has 3 nitrogen and oxygen atoms in total. The molecule has 0 spiro atoms. The van der Waals surface area contributed by atoms with Gasteiger partial charge in [0.25, 0.3) is 0 Å². The molecule has 21 heavy (non-hydrogen) atoms. The number of allylic oxidation sites excluding steroid dienone is 1. The minimum absolute atomic E-state index is 0.0511. The Labute approximate surface area is 127 Å². The molecule has 3 heteroatoms.